The van der Waals surface area contributed by atoms with Gasteiger partial charge >= 0.3 is 0 Å². The Balaban J connectivity index is 0.00000147. The molecule has 3 atom stereocenters. The van der Waals surface area contributed by atoms with Crippen LogP contribution in [-0.4, -0.2) is 51.5 Å². The molecule has 2 heterocycles. The lowest BCUT2D eigenvalue weighted by molar-refractivity contribution is -0.136. The molecule has 3 aliphatic rings. The van der Waals surface area contributed by atoms with Crippen molar-refractivity contribution in [3.63, 3.8) is 0 Å². The number of rotatable bonds is 3. The zero-order chi connectivity index (χ0) is 13.1. The van der Waals surface area contributed by atoms with Gasteiger partial charge < -0.3 is 20.1 Å². The highest BCUT2D eigenvalue weighted by Gasteiger charge is 2.49. The van der Waals surface area contributed by atoms with E-state index in [-0.39, 0.29) is 29.8 Å². The van der Waals surface area contributed by atoms with Crippen molar-refractivity contribution in [2.24, 2.45) is 11.3 Å². The monoisotopic (exact) mass is 304 g/mol. The molecule has 1 amide bonds. The molecule has 2 N–H and O–H groups in total. The second kappa shape index (κ2) is 7.07. The van der Waals surface area contributed by atoms with Crippen molar-refractivity contribution in [1.29, 1.82) is 0 Å². The number of halogens is 1. The first-order chi connectivity index (χ1) is 9.31. The smallest absolute Gasteiger partial charge is 0.227 e. The molecular weight excluding hydrogens is 280 g/mol. The predicted molar refractivity (Wildman–Crippen MR) is 78.1 cm³/mol. The zero-order valence-electron chi connectivity index (χ0n) is 11.9. The second-order valence-electron chi connectivity index (χ2n) is 6.01. The molecular formula is C14H25ClN2O3. The van der Waals surface area contributed by atoms with Gasteiger partial charge in [-0.05, 0) is 25.3 Å². The van der Waals surface area contributed by atoms with E-state index in [1.165, 1.54) is 19.3 Å². The highest BCUT2D eigenvalue weighted by Crippen LogP contribution is 2.43. The van der Waals surface area contributed by atoms with E-state index in [9.17, 15) is 4.79 Å². The summed E-state index contributed by atoms with van der Waals surface area (Å²) in [6, 6.07) is 0. The van der Waals surface area contributed by atoms with E-state index < -0.39 is 0 Å². The summed E-state index contributed by atoms with van der Waals surface area (Å²) in [5, 5.41) is 6.51. The molecule has 2 aliphatic heterocycles. The highest BCUT2D eigenvalue weighted by molar-refractivity contribution is 5.85. The summed E-state index contributed by atoms with van der Waals surface area (Å²) in [4.78, 5) is 12.6. The van der Waals surface area contributed by atoms with Crippen molar-refractivity contribution in [1.82, 2.24) is 10.6 Å². The van der Waals surface area contributed by atoms with E-state index in [1.807, 2.05) is 0 Å². The topological polar surface area (TPSA) is 59.6 Å². The molecule has 0 bridgehead atoms. The molecule has 6 heteroatoms. The van der Waals surface area contributed by atoms with Crippen LogP contribution in [0, 0.1) is 11.3 Å². The van der Waals surface area contributed by atoms with Gasteiger partial charge in [0.05, 0.1) is 31.3 Å². The van der Waals surface area contributed by atoms with Gasteiger partial charge in [-0.15, -0.1) is 12.4 Å². The Kier molecular flexibility index (Phi) is 5.66. The van der Waals surface area contributed by atoms with Gasteiger partial charge in [-0.3, -0.25) is 4.79 Å². The minimum atomic E-state index is -0.159. The minimum absolute atomic E-state index is 0. The number of hydrogen-bond acceptors (Lipinski definition) is 4. The van der Waals surface area contributed by atoms with Gasteiger partial charge in [0, 0.05) is 13.1 Å². The third-order valence-corrected chi connectivity index (χ3v) is 4.87. The largest absolute Gasteiger partial charge is 0.376 e. The van der Waals surface area contributed by atoms with Crippen molar-refractivity contribution < 1.29 is 14.3 Å². The van der Waals surface area contributed by atoms with Crippen LogP contribution in [-0.2, 0) is 14.3 Å². The third-order valence-electron chi connectivity index (χ3n) is 4.87. The number of nitrogens with one attached hydrogen (secondary N) is 2. The van der Waals surface area contributed by atoms with Gasteiger partial charge in [0.2, 0.25) is 5.91 Å². The van der Waals surface area contributed by atoms with Crippen molar-refractivity contribution in [3.05, 3.63) is 0 Å². The lowest BCUT2D eigenvalue weighted by Crippen LogP contribution is -2.50. The van der Waals surface area contributed by atoms with Crippen molar-refractivity contribution in [2.75, 3.05) is 39.5 Å². The highest BCUT2D eigenvalue weighted by atomic mass is 35.5. The quantitative estimate of drug-likeness (QED) is 0.807. The molecule has 5 nitrogen and oxygen atoms in total. The average molecular weight is 305 g/mol. The van der Waals surface area contributed by atoms with Crippen LogP contribution >= 0.6 is 12.4 Å². The number of carbonyl (C=O) groups is 1. The summed E-state index contributed by atoms with van der Waals surface area (Å²) in [5.41, 5.74) is -0.159. The molecule has 20 heavy (non-hydrogen) atoms. The summed E-state index contributed by atoms with van der Waals surface area (Å²) < 4.78 is 10.9. The van der Waals surface area contributed by atoms with Gasteiger partial charge in [-0.25, -0.2) is 0 Å². The number of fused-ring (bicyclic) bond motifs is 1. The second-order valence-corrected chi connectivity index (χ2v) is 6.01. The minimum Gasteiger partial charge on any atom is -0.376 e. The summed E-state index contributed by atoms with van der Waals surface area (Å²) in [5.74, 6) is 0.737. The van der Waals surface area contributed by atoms with Crippen LogP contribution in [0.25, 0.3) is 0 Å². The van der Waals surface area contributed by atoms with Crippen LogP contribution in [0.1, 0.15) is 25.7 Å². The lowest BCUT2D eigenvalue weighted by atomic mass is 9.67. The molecule has 1 saturated carbocycles. The first kappa shape index (κ1) is 16.0. The van der Waals surface area contributed by atoms with E-state index in [0.717, 1.165) is 19.5 Å². The van der Waals surface area contributed by atoms with Crippen molar-refractivity contribution in [3.8, 4) is 0 Å². The predicted octanol–water partition coefficient (Wildman–Crippen LogP) is 0.720. The van der Waals surface area contributed by atoms with E-state index in [0.29, 0.717) is 32.3 Å². The van der Waals surface area contributed by atoms with Crippen LogP contribution in [0.2, 0.25) is 0 Å². The lowest BCUT2D eigenvalue weighted by Gasteiger charge is -2.37. The molecule has 0 spiro atoms. The van der Waals surface area contributed by atoms with Crippen LogP contribution in [0.5, 0.6) is 0 Å². The number of hydrogen-bond donors (Lipinski definition) is 2. The normalized spacial score (nSPS) is 36.8. The van der Waals surface area contributed by atoms with E-state index in [2.05, 4.69) is 10.6 Å². The third kappa shape index (κ3) is 3.11. The molecule has 0 aromatic heterocycles. The van der Waals surface area contributed by atoms with Crippen LogP contribution in [0.4, 0.5) is 0 Å². The molecule has 116 valence electrons. The number of carbonyl (C=O) groups excluding carboxylic acids is 1. The van der Waals surface area contributed by atoms with Crippen molar-refractivity contribution in [2.45, 2.75) is 31.8 Å². The SMILES string of the molecule is Cl.O=C(NCC1COCCO1)[C@@]12CCCC[C@H]1CNC2. The van der Waals surface area contributed by atoms with Crippen molar-refractivity contribution >= 4 is 18.3 Å². The fraction of sp³-hybridized carbons (Fsp3) is 0.929. The summed E-state index contributed by atoms with van der Waals surface area (Å²) in [6.07, 6.45) is 4.67. The Hall–Kier alpha value is -0.360. The van der Waals surface area contributed by atoms with E-state index in [4.69, 9.17) is 9.47 Å². The summed E-state index contributed by atoms with van der Waals surface area (Å²) in [7, 11) is 0. The first-order valence-electron chi connectivity index (χ1n) is 7.50. The Labute approximate surface area is 126 Å². The standard InChI is InChI=1S/C14H24N2O3.ClH/c17-13(16-8-12-9-18-5-6-19-12)14-4-2-1-3-11(14)7-15-10-14;/h11-12,15H,1-10H2,(H,16,17);1H/t11-,12?,14+;/m0./s1. The van der Waals surface area contributed by atoms with Crippen LogP contribution < -0.4 is 10.6 Å². The Morgan fingerprint density at radius 2 is 2.25 bits per heavy atom. The molecule has 0 aromatic rings. The first-order valence-corrected chi connectivity index (χ1v) is 7.50. The van der Waals surface area contributed by atoms with E-state index >= 15 is 0 Å². The molecule has 1 unspecified atom stereocenters. The number of amides is 1. The molecule has 0 aromatic carbocycles. The zero-order valence-corrected chi connectivity index (χ0v) is 12.7. The van der Waals surface area contributed by atoms with Crippen LogP contribution in [0.15, 0.2) is 0 Å². The molecule has 0 radical (unpaired) electrons. The summed E-state index contributed by atoms with van der Waals surface area (Å²) >= 11 is 0. The fourth-order valence-corrected chi connectivity index (χ4v) is 3.73. The Morgan fingerprint density at radius 1 is 1.35 bits per heavy atom. The van der Waals surface area contributed by atoms with Gasteiger partial charge in [0.15, 0.2) is 0 Å². The number of ether oxygens (including phenoxy) is 2. The Bertz CT molecular complexity index is 336. The molecule has 3 rings (SSSR count). The van der Waals surface area contributed by atoms with Gasteiger partial charge in [-0.1, -0.05) is 12.8 Å². The van der Waals surface area contributed by atoms with Gasteiger partial charge in [0.1, 0.15) is 0 Å². The summed E-state index contributed by atoms with van der Waals surface area (Å²) in [6.45, 7) is 4.31. The average Bonchev–Trinajstić information content (AvgIpc) is 2.91. The maximum absolute atomic E-state index is 12.6. The van der Waals surface area contributed by atoms with Crippen LogP contribution in [0.3, 0.4) is 0 Å². The maximum atomic E-state index is 12.6. The van der Waals surface area contributed by atoms with Gasteiger partial charge in [0.25, 0.3) is 0 Å². The van der Waals surface area contributed by atoms with E-state index in [1.54, 1.807) is 0 Å². The maximum Gasteiger partial charge on any atom is 0.227 e. The fourth-order valence-electron chi connectivity index (χ4n) is 3.73. The molecule has 1 aliphatic carbocycles. The van der Waals surface area contributed by atoms with Gasteiger partial charge in [-0.2, -0.15) is 0 Å². The molecule has 3 fully saturated rings. The molecule has 2 saturated heterocycles. The Morgan fingerprint density at radius 3 is 3.05 bits per heavy atom.